The standard InChI is InChI=1S/C26H32N2O4/c1-13-15(3)19(7)25(23(17(13)5)21(31)11-29)27-9-10-28-26-20(8)16(4)14(2)18(6)24(26)22(32)12-30/h9-12,27-29,31H,1-8H3/p-2. The van der Waals surface area contributed by atoms with Crippen molar-refractivity contribution in [2.45, 2.75) is 55.4 Å². The Bertz CT molecular complexity index is 1080. The minimum absolute atomic E-state index is 0.322. The summed E-state index contributed by atoms with van der Waals surface area (Å²) in [6, 6.07) is 0. The first-order chi connectivity index (χ1) is 15.0. The van der Waals surface area contributed by atoms with Gasteiger partial charge >= 0.3 is 0 Å². The van der Waals surface area contributed by atoms with Crippen LogP contribution < -0.4 is 20.8 Å². The quantitative estimate of drug-likeness (QED) is 0.299. The summed E-state index contributed by atoms with van der Waals surface area (Å²) in [5, 5.41) is 29.8. The van der Waals surface area contributed by atoms with Gasteiger partial charge in [-0.05, 0) is 105 Å². The topological polar surface area (TPSA) is 104 Å². The highest BCUT2D eigenvalue weighted by atomic mass is 16.3. The van der Waals surface area contributed by atoms with Crippen LogP contribution >= 0.6 is 0 Å². The summed E-state index contributed by atoms with van der Waals surface area (Å²) >= 11 is 0. The summed E-state index contributed by atoms with van der Waals surface area (Å²) < 4.78 is 0. The number of aldehydes is 1. The lowest BCUT2D eigenvalue weighted by atomic mass is 9.90. The molecule has 0 aromatic heterocycles. The Balaban J connectivity index is 2.50. The molecular formula is C26H30N2O4-2. The van der Waals surface area contributed by atoms with Gasteiger partial charge < -0.3 is 20.8 Å². The van der Waals surface area contributed by atoms with Gasteiger partial charge in [0.05, 0.1) is 11.3 Å². The molecule has 0 saturated heterocycles. The third-order valence-electron chi connectivity index (χ3n) is 6.62. The molecule has 0 atom stereocenters. The number of hydrogen-bond donors (Lipinski definition) is 2. The number of carbonyl (C=O) groups is 2. The van der Waals surface area contributed by atoms with E-state index in [4.69, 9.17) is 0 Å². The number of anilines is 2. The van der Waals surface area contributed by atoms with Crippen molar-refractivity contribution in [3.8, 4) is 0 Å². The van der Waals surface area contributed by atoms with Gasteiger partial charge in [0.1, 0.15) is 0 Å². The summed E-state index contributed by atoms with van der Waals surface area (Å²) in [4.78, 5) is 23.5. The molecule has 0 heterocycles. The van der Waals surface area contributed by atoms with Crippen LogP contribution in [0.2, 0.25) is 0 Å². The van der Waals surface area contributed by atoms with Gasteiger partial charge in [0.15, 0.2) is 6.29 Å². The molecule has 0 radical (unpaired) electrons. The van der Waals surface area contributed by atoms with E-state index in [1.165, 1.54) is 0 Å². The molecule has 0 aliphatic carbocycles. The number of benzene rings is 2. The fourth-order valence-corrected chi connectivity index (χ4v) is 3.97. The molecule has 0 spiro atoms. The van der Waals surface area contributed by atoms with E-state index in [0.717, 1.165) is 44.5 Å². The van der Waals surface area contributed by atoms with Gasteiger partial charge in [-0.25, -0.2) is 0 Å². The molecule has 0 fully saturated rings. The van der Waals surface area contributed by atoms with Crippen LogP contribution in [0.1, 0.15) is 60.4 Å². The summed E-state index contributed by atoms with van der Waals surface area (Å²) in [5.74, 6) is -1.17. The number of Topliss-reactive ketones (excluding diaryl/α,β-unsaturated/α-hetero) is 1. The van der Waals surface area contributed by atoms with Crippen molar-refractivity contribution in [1.82, 2.24) is 0 Å². The van der Waals surface area contributed by atoms with Crippen LogP contribution in [0.5, 0.6) is 0 Å². The molecule has 2 N–H and O–H groups in total. The minimum atomic E-state index is -0.586. The zero-order chi connectivity index (χ0) is 24.3. The monoisotopic (exact) mass is 434 g/mol. The van der Waals surface area contributed by atoms with Gasteiger partial charge in [-0.15, -0.1) is 5.76 Å². The fraction of sp³-hybridized carbons (Fsp3) is 0.308. The molecular weight excluding hydrogens is 404 g/mol. The lowest BCUT2D eigenvalue weighted by Gasteiger charge is -2.26. The lowest BCUT2D eigenvalue weighted by molar-refractivity contribution is -0.302. The molecule has 2 aromatic carbocycles. The average molecular weight is 435 g/mol. The third kappa shape index (κ3) is 4.26. The molecule has 170 valence electrons. The summed E-state index contributed by atoms with van der Waals surface area (Å²) in [6.45, 7) is 15.2. The van der Waals surface area contributed by atoms with Gasteiger partial charge in [-0.1, -0.05) is 0 Å². The molecule has 32 heavy (non-hydrogen) atoms. The summed E-state index contributed by atoms with van der Waals surface area (Å²) in [7, 11) is 0. The van der Waals surface area contributed by atoms with Crippen molar-refractivity contribution >= 4 is 29.2 Å². The van der Waals surface area contributed by atoms with Crippen LogP contribution in [0.3, 0.4) is 0 Å². The molecule has 6 heteroatoms. The first-order valence-corrected chi connectivity index (χ1v) is 10.4. The maximum Gasteiger partial charge on any atom is 0.227 e. The van der Waals surface area contributed by atoms with E-state index in [1.54, 1.807) is 12.4 Å². The van der Waals surface area contributed by atoms with Crippen molar-refractivity contribution < 1.29 is 19.8 Å². The Hall–Kier alpha value is -3.54. The predicted molar refractivity (Wildman–Crippen MR) is 126 cm³/mol. The maximum atomic E-state index is 12.3. The van der Waals surface area contributed by atoms with Gasteiger partial charge in [0.25, 0.3) is 0 Å². The number of rotatable bonds is 7. The number of hydrogen-bond acceptors (Lipinski definition) is 6. The predicted octanol–water partition coefficient (Wildman–Crippen LogP) is 3.55. The summed E-state index contributed by atoms with van der Waals surface area (Å²) in [6.07, 6.45) is 3.86. The first-order valence-electron chi connectivity index (χ1n) is 10.4. The largest absolute Gasteiger partial charge is 0.878 e. The molecule has 0 aliphatic heterocycles. The van der Waals surface area contributed by atoms with E-state index < -0.39 is 11.5 Å². The van der Waals surface area contributed by atoms with E-state index >= 15 is 0 Å². The fourth-order valence-electron chi connectivity index (χ4n) is 3.97. The smallest absolute Gasteiger partial charge is 0.227 e. The zero-order valence-corrected chi connectivity index (χ0v) is 19.9. The van der Waals surface area contributed by atoms with Crippen molar-refractivity contribution in [1.29, 1.82) is 0 Å². The summed E-state index contributed by atoms with van der Waals surface area (Å²) in [5.41, 5.74) is 9.10. The Kier molecular flexibility index (Phi) is 7.52. The van der Waals surface area contributed by atoms with Crippen molar-refractivity contribution in [3.05, 3.63) is 74.3 Å². The molecule has 0 bridgehead atoms. The van der Waals surface area contributed by atoms with Gasteiger partial charge in [-0.2, -0.15) is 6.26 Å². The molecule has 0 aliphatic rings. The van der Waals surface area contributed by atoms with Crippen LogP contribution in [-0.2, 0) is 4.79 Å². The van der Waals surface area contributed by atoms with E-state index in [2.05, 4.69) is 10.6 Å². The second-order valence-corrected chi connectivity index (χ2v) is 8.09. The van der Waals surface area contributed by atoms with Crippen LogP contribution in [0.15, 0.2) is 18.7 Å². The van der Waals surface area contributed by atoms with Gasteiger partial charge in [0.2, 0.25) is 5.78 Å². The second-order valence-electron chi connectivity index (χ2n) is 8.09. The molecule has 0 amide bonds. The Morgan fingerprint density at radius 2 is 1.03 bits per heavy atom. The second kappa shape index (κ2) is 9.73. The molecule has 2 rings (SSSR count). The van der Waals surface area contributed by atoms with E-state index in [-0.39, 0.29) is 0 Å². The Morgan fingerprint density at radius 1 is 0.656 bits per heavy atom. The molecule has 6 nitrogen and oxygen atoms in total. The normalized spacial score (nSPS) is 11.7. The number of carbonyl (C=O) groups excluding carboxylic acids is 2. The zero-order valence-electron chi connectivity index (χ0n) is 19.9. The highest BCUT2D eigenvalue weighted by molar-refractivity contribution is 6.35. The maximum absolute atomic E-state index is 12.3. The number of nitrogens with one attached hydrogen (secondary N) is 2. The SMILES string of the molecule is Cc1c(C)c(C)c(C(=O)C=O)c(NC=CNc2c(C)c(C)c(C)c(C)c2C([O-])=C[O-])c1C. The van der Waals surface area contributed by atoms with Crippen LogP contribution in [-0.4, -0.2) is 12.1 Å². The van der Waals surface area contributed by atoms with E-state index in [9.17, 15) is 19.8 Å². The van der Waals surface area contributed by atoms with Crippen molar-refractivity contribution in [2.24, 2.45) is 0 Å². The molecule has 0 saturated carbocycles. The van der Waals surface area contributed by atoms with Gasteiger partial charge in [0, 0.05) is 18.1 Å². The Morgan fingerprint density at radius 3 is 1.44 bits per heavy atom. The van der Waals surface area contributed by atoms with Gasteiger partial charge in [-0.3, -0.25) is 9.59 Å². The van der Waals surface area contributed by atoms with E-state index in [1.807, 2.05) is 55.4 Å². The molecule has 2 aromatic rings. The third-order valence-corrected chi connectivity index (χ3v) is 6.62. The molecule has 0 unspecified atom stereocenters. The van der Waals surface area contributed by atoms with Crippen molar-refractivity contribution in [2.75, 3.05) is 10.6 Å². The van der Waals surface area contributed by atoms with Crippen LogP contribution in [0.4, 0.5) is 11.4 Å². The van der Waals surface area contributed by atoms with E-state index in [0.29, 0.717) is 35.0 Å². The highest BCUT2D eigenvalue weighted by Crippen LogP contribution is 2.34. The number of ketones is 1. The Labute approximate surface area is 189 Å². The first kappa shape index (κ1) is 24.7. The van der Waals surface area contributed by atoms with Crippen molar-refractivity contribution in [3.63, 3.8) is 0 Å². The minimum Gasteiger partial charge on any atom is -0.878 e. The average Bonchev–Trinajstić information content (AvgIpc) is 2.79. The highest BCUT2D eigenvalue weighted by Gasteiger charge is 2.20. The lowest BCUT2D eigenvalue weighted by Crippen LogP contribution is -2.13. The van der Waals surface area contributed by atoms with Crippen LogP contribution in [0.25, 0.3) is 5.76 Å². The van der Waals surface area contributed by atoms with Crippen LogP contribution in [0, 0.1) is 55.4 Å².